The molecule has 1 aliphatic heterocycles. The summed E-state index contributed by atoms with van der Waals surface area (Å²) in [6, 6.07) is 3.91. The number of hydrogen-bond acceptors (Lipinski definition) is 3. The summed E-state index contributed by atoms with van der Waals surface area (Å²) in [7, 11) is 0. The number of carboxylic acid groups (broad SMARTS) is 1. The molecule has 1 amide bonds. The highest BCUT2D eigenvalue weighted by Gasteiger charge is 2.56. The Labute approximate surface area is 136 Å². The van der Waals surface area contributed by atoms with E-state index < -0.39 is 11.4 Å². The van der Waals surface area contributed by atoms with Crippen molar-refractivity contribution in [2.24, 2.45) is 11.3 Å². The second-order valence-electron chi connectivity index (χ2n) is 6.13. The van der Waals surface area contributed by atoms with Gasteiger partial charge >= 0.3 is 5.97 Å². The van der Waals surface area contributed by atoms with Crippen LogP contribution in [-0.4, -0.2) is 35.0 Å². The van der Waals surface area contributed by atoms with Gasteiger partial charge in [0.2, 0.25) is 5.91 Å². The number of carbonyl (C=O) groups excluding carboxylic acids is 1. The predicted molar refractivity (Wildman–Crippen MR) is 84.4 cm³/mol. The third-order valence-corrected chi connectivity index (χ3v) is 6.81. The summed E-state index contributed by atoms with van der Waals surface area (Å²) in [6.45, 7) is 2.88. The van der Waals surface area contributed by atoms with Gasteiger partial charge in [-0.05, 0) is 53.7 Å². The van der Waals surface area contributed by atoms with Gasteiger partial charge in [0.15, 0.2) is 0 Å². The second kappa shape index (κ2) is 5.39. The molecule has 1 aromatic rings. The van der Waals surface area contributed by atoms with E-state index in [4.69, 9.17) is 0 Å². The van der Waals surface area contributed by atoms with E-state index in [1.54, 1.807) is 16.2 Å². The lowest BCUT2D eigenvalue weighted by molar-refractivity contribution is -0.149. The largest absolute Gasteiger partial charge is 0.481 e. The zero-order chi connectivity index (χ0) is 15.2. The molecule has 1 aromatic heterocycles. The number of halogens is 1. The maximum atomic E-state index is 12.7. The van der Waals surface area contributed by atoms with Crippen LogP contribution >= 0.6 is 27.3 Å². The average molecular weight is 372 g/mol. The Bertz CT molecular complexity index is 587. The second-order valence-corrected chi connectivity index (χ2v) is 8.63. The summed E-state index contributed by atoms with van der Waals surface area (Å²) in [5.41, 5.74) is -0.689. The third kappa shape index (κ3) is 2.42. The summed E-state index contributed by atoms with van der Waals surface area (Å²) in [4.78, 5) is 27.1. The molecule has 114 valence electrons. The first kappa shape index (κ1) is 15.0. The molecule has 21 heavy (non-hydrogen) atoms. The fourth-order valence-corrected chi connectivity index (χ4v) is 5.23. The molecule has 2 aliphatic rings. The van der Waals surface area contributed by atoms with Crippen molar-refractivity contribution in [2.45, 2.75) is 32.1 Å². The Balaban J connectivity index is 1.77. The van der Waals surface area contributed by atoms with Crippen LogP contribution < -0.4 is 0 Å². The maximum absolute atomic E-state index is 12.7. The molecule has 1 saturated heterocycles. The van der Waals surface area contributed by atoms with E-state index in [9.17, 15) is 14.7 Å². The highest BCUT2D eigenvalue weighted by molar-refractivity contribution is 9.11. The van der Waals surface area contributed by atoms with Crippen LogP contribution in [0.3, 0.4) is 0 Å². The number of carbonyl (C=O) groups is 2. The molecule has 1 aliphatic carbocycles. The molecule has 1 N–H and O–H groups in total. The minimum absolute atomic E-state index is 0.0550. The number of rotatable bonds is 3. The molecule has 1 unspecified atom stereocenters. The van der Waals surface area contributed by atoms with Gasteiger partial charge in [0.1, 0.15) is 0 Å². The van der Waals surface area contributed by atoms with Gasteiger partial charge in [-0.15, -0.1) is 11.3 Å². The topological polar surface area (TPSA) is 57.6 Å². The number of nitrogens with zero attached hydrogens (tertiary/aromatic N) is 1. The number of carboxylic acids is 1. The number of hydrogen-bond donors (Lipinski definition) is 1. The molecule has 0 bridgehead atoms. The molecule has 4 nitrogen and oxygen atoms in total. The Morgan fingerprint density at radius 3 is 2.86 bits per heavy atom. The first-order chi connectivity index (χ1) is 9.94. The fraction of sp³-hybridized carbons (Fsp3) is 0.600. The zero-order valence-corrected chi connectivity index (χ0v) is 14.2. The number of amides is 1. The summed E-state index contributed by atoms with van der Waals surface area (Å²) < 4.78 is 1.01. The normalized spacial score (nSPS) is 29.4. The van der Waals surface area contributed by atoms with Crippen LogP contribution in [0.2, 0.25) is 0 Å². The maximum Gasteiger partial charge on any atom is 0.311 e. The van der Waals surface area contributed by atoms with Crippen molar-refractivity contribution in [1.29, 1.82) is 0 Å². The quantitative estimate of drug-likeness (QED) is 0.886. The van der Waals surface area contributed by atoms with Crippen molar-refractivity contribution in [2.75, 3.05) is 13.1 Å². The molecule has 6 heteroatoms. The number of likely N-dealkylation sites (tertiary alicyclic amines) is 1. The monoisotopic (exact) mass is 371 g/mol. The van der Waals surface area contributed by atoms with Gasteiger partial charge in [0, 0.05) is 18.0 Å². The minimum atomic E-state index is -0.730. The Morgan fingerprint density at radius 2 is 2.29 bits per heavy atom. The van der Waals surface area contributed by atoms with E-state index in [2.05, 4.69) is 15.9 Å². The molecule has 0 spiro atoms. The van der Waals surface area contributed by atoms with Crippen molar-refractivity contribution >= 4 is 39.1 Å². The molecule has 0 radical (unpaired) electrons. The summed E-state index contributed by atoms with van der Waals surface area (Å²) in [5.74, 6) is -0.751. The van der Waals surface area contributed by atoms with Crippen LogP contribution in [-0.2, 0) is 9.59 Å². The highest BCUT2D eigenvalue weighted by Crippen LogP contribution is 2.49. The van der Waals surface area contributed by atoms with Crippen LogP contribution in [0.5, 0.6) is 0 Å². The van der Waals surface area contributed by atoms with Crippen LogP contribution in [0, 0.1) is 11.3 Å². The van der Waals surface area contributed by atoms with Crippen molar-refractivity contribution < 1.29 is 14.7 Å². The lowest BCUT2D eigenvalue weighted by atomic mass is 9.81. The predicted octanol–water partition coefficient (Wildman–Crippen LogP) is 3.33. The van der Waals surface area contributed by atoms with Gasteiger partial charge < -0.3 is 10.0 Å². The van der Waals surface area contributed by atoms with Gasteiger partial charge in [0.05, 0.1) is 15.1 Å². The highest BCUT2D eigenvalue weighted by atomic mass is 79.9. The lowest BCUT2D eigenvalue weighted by Gasteiger charge is -2.24. The first-order valence-corrected chi connectivity index (χ1v) is 8.82. The van der Waals surface area contributed by atoms with Crippen molar-refractivity contribution in [1.82, 2.24) is 4.90 Å². The molecule has 3 atom stereocenters. The molecular formula is C15H18BrNO3S. The summed E-state index contributed by atoms with van der Waals surface area (Å²) in [6.07, 6.45) is 2.59. The third-order valence-electron chi connectivity index (χ3n) is 5.00. The lowest BCUT2D eigenvalue weighted by Crippen LogP contribution is -2.38. The number of fused-ring (bicyclic) bond motifs is 1. The summed E-state index contributed by atoms with van der Waals surface area (Å²) >= 11 is 4.98. The van der Waals surface area contributed by atoms with Gasteiger partial charge in [-0.2, -0.15) is 0 Å². The van der Waals surface area contributed by atoms with Crippen LogP contribution in [0.1, 0.15) is 37.0 Å². The van der Waals surface area contributed by atoms with E-state index in [0.29, 0.717) is 19.5 Å². The zero-order valence-electron chi connectivity index (χ0n) is 11.8. The summed E-state index contributed by atoms with van der Waals surface area (Å²) in [5, 5.41) is 9.59. The van der Waals surface area contributed by atoms with E-state index >= 15 is 0 Å². The minimum Gasteiger partial charge on any atom is -0.481 e. The fourth-order valence-electron chi connectivity index (χ4n) is 3.76. The van der Waals surface area contributed by atoms with Gasteiger partial charge in [-0.1, -0.05) is 6.42 Å². The van der Waals surface area contributed by atoms with Crippen molar-refractivity contribution in [3.63, 3.8) is 0 Å². The molecule has 0 aromatic carbocycles. The molecule has 1 saturated carbocycles. The van der Waals surface area contributed by atoms with Crippen LogP contribution in [0.4, 0.5) is 0 Å². The molecule has 3 rings (SSSR count). The Morgan fingerprint density at radius 1 is 1.52 bits per heavy atom. The average Bonchev–Trinajstić information content (AvgIpc) is 3.09. The first-order valence-electron chi connectivity index (χ1n) is 7.21. The van der Waals surface area contributed by atoms with Gasteiger partial charge in [0.25, 0.3) is 0 Å². The van der Waals surface area contributed by atoms with Gasteiger partial charge in [-0.3, -0.25) is 9.59 Å². The molecular weight excluding hydrogens is 354 g/mol. The Hall–Kier alpha value is -0.880. The Kier molecular flexibility index (Phi) is 3.86. The van der Waals surface area contributed by atoms with E-state index in [-0.39, 0.29) is 17.7 Å². The smallest absolute Gasteiger partial charge is 0.311 e. The van der Waals surface area contributed by atoms with E-state index in [1.807, 2.05) is 19.1 Å². The van der Waals surface area contributed by atoms with Crippen molar-refractivity contribution in [3.8, 4) is 0 Å². The van der Waals surface area contributed by atoms with E-state index in [1.165, 1.54) is 0 Å². The SMILES string of the molecule is CC(C(=O)N1C[C@@H]2CCC[C@@]2(C(=O)O)C1)c1ccc(Br)s1. The van der Waals surface area contributed by atoms with Gasteiger partial charge in [-0.25, -0.2) is 0 Å². The standard InChI is InChI=1S/C15H18BrNO3S/c1-9(11-4-5-12(16)21-11)13(18)17-7-10-3-2-6-15(10,8-17)14(19)20/h4-5,9-10H,2-3,6-8H2,1H3,(H,19,20)/t9?,10-,15+/m0/s1. The van der Waals surface area contributed by atoms with Crippen molar-refractivity contribution in [3.05, 3.63) is 20.8 Å². The number of aliphatic carboxylic acids is 1. The van der Waals surface area contributed by atoms with Crippen LogP contribution in [0.15, 0.2) is 15.9 Å². The van der Waals surface area contributed by atoms with Crippen LogP contribution in [0.25, 0.3) is 0 Å². The molecule has 2 fully saturated rings. The molecule has 2 heterocycles. The number of thiophene rings is 1. The van der Waals surface area contributed by atoms with E-state index in [0.717, 1.165) is 21.5 Å².